The van der Waals surface area contributed by atoms with Crippen molar-refractivity contribution in [2.45, 2.75) is 60.1 Å². The molecule has 1 aromatic carbocycles. The van der Waals surface area contributed by atoms with Gasteiger partial charge in [0.05, 0.1) is 5.02 Å². The zero-order chi connectivity index (χ0) is 17.8. The molecule has 5 heteroatoms. The van der Waals surface area contributed by atoms with E-state index in [0.29, 0.717) is 23.6 Å². The first-order valence-corrected chi connectivity index (χ1v) is 8.04. The van der Waals surface area contributed by atoms with Crippen LogP contribution in [0.4, 0.5) is 4.79 Å². The second-order valence-corrected chi connectivity index (χ2v) is 8.24. The van der Waals surface area contributed by atoms with Crippen LogP contribution in [-0.4, -0.2) is 17.5 Å². The predicted octanol–water partition coefficient (Wildman–Crippen LogP) is 4.98. The van der Waals surface area contributed by atoms with E-state index in [-0.39, 0.29) is 11.2 Å². The Kier molecular flexibility index (Phi) is 6.23. The molecule has 1 N–H and O–H groups in total. The molecule has 0 radical (unpaired) electrons. The number of ketones is 1. The molecule has 0 atom stereocenters. The van der Waals surface area contributed by atoms with Gasteiger partial charge in [-0.2, -0.15) is 0 Å². The number of nitrogens with one attached hydrogen (secondary N) is 1. The number of rotatable bonds is 4. The second kappa shape index (κ2) is 7.35. The Bertz CT molecular complexity index is 583. The van der Waals surface area contributed by atoms with E-state index in [1.165, 1.54) is 0 Å². The Morgan fingerprint density at radius 3 is 2.22 bits per heavy atom. The largest absolute Gasteiger partial charge is 0.444 e. The molecule has 0 aliphatic rings. The van der Waals surface area contributed by atoms with Gasteiger partial charge in [0.2, 0.25) is 0 Å². The monoisotopic (exact) mass is 339 g/mol. The lowest BCUT2D eigenvalue weighted by Crippen LogP contribution is -2.32. The molecule has 1 rings (SSSR count). The lowest BCUT2D eigenvalue weighted by Gasteiger charge is -2.20. The molecular formula is C18H26ClNO3. The van der Waals surface area contributed by atoms with Crippen LogP contribution in [0, 0.1) is 5.41 Å². The van der Waals surface area contributed by atoms with Crippen molar-refractivity contribution in [2.75, 3.05) is 0 Å². The van der Waals surface area contributed by atoms with Crippen molar-refractivity contribution >= 4 is 23.5 Å². The molecule has 1 amide bonds. The Balaban J connectivity index is 2.70. The van der Waals surface area contributed by atoms with Crippen molar-refractivity contribution in [2.24, 2.45) is 5.41 Å². The van der Waals surface area contributed by atoms with Crippen molar-refractivity contribution in [3.8, 4) is 0 Å². The number of hydrogen-bond acceptors (Lipinski definition) is 3. The maximum absolute atomic E-state index is 12.2. The number of alkyl carbamates (subject to hydrolysis) is 1. The molecule has 0 bridgehead atoms. The average molecular weight is 340 g/mol. The van der Waals surface area contributed by atoms with Crippen molar-refractivity contribution in [3.63, 3.8) is 0 Å². The van der Waals surface area contributed by atoms with E-state index in [2.05, 4.69) is 5.32 Å². The van der Waals surface area contributed by atoms with Gasteiger partial charge in [0.1, 0.15) is 5.60 Å². The fourth-order valence-corrected chi connectivity index (χ4v) is 2.27. The number of halogens is 1. The highest BCUT2D eigenvalue weighted by Crippen LogP contribution is 2.25. The van der Waals surface area contributed by atoms with Gasteiger partial charge in [-0.25, -0.2) is 4.79 Å². The molecule has 0 saturated carbocycles. The fourth-order valence-electron chi connectivity index (χ4n) is 1.96. The first kappa shape index (κ1) is 19.5. The molecule has 128 valence electrons. The van der Waals surface area contributed by atoms with E-state index in [0.717, 1.165) is 5.56 Å². The van der Waals surface area contributed by atoms with Gasteiger partial charge < -0.3 is 10.1 Å². The van der Waals surface area contributed by atoms with Crippen LogP contribution >= 0.6 is 11.6 Å². The Hall–Kier alpha value is -1.55. The van der Waals surface area contributed by atoms with Gasteiger partial charge in [0.25, 0.3) is 0 Å². The van der Waals surface area contributed by atoms with Gasteiger partial charge in [-0.05, 0) is 43.9 Å². The molecule has 1 aromatic rings. The minimum Gasteiger partial charge on any atom is -0.444 e. The fraction of sp³-hybridized carbons (Fsp3) is 0.556. The summed E-state index contributed by atoms with van der Waals surface area (Å²) in [5.74, 6) is 0.0224. The van der Waals surface area contributed by atoms with E-state index in [9.17, 15) is 9.59 Å². The topological polar surface area (TPSA) is 55.4 Å². The van der Waals surface area contributed by atoms with Gasteiger partial charge in [0, 0.05) is 18.5 Å². The summed E-state index contributed by atoms with van der Waals surface area (Å²) in [6.45, 7) is 11.7. The highest BCUT2D eigenvalue weighted by molar-refractivity contribution is 6.34. The summed E-state index contributed by atoms with van der Waals surface area (Å²) < 4.78 is 5.17. The third-order valence-corrected chi connectivity index (χ3v) is 3.17. The van der Waals surface area contributed by atoms with Crippen molar-refractivity contribution in [3.05, 3.63) is 34.3 Å². The number of hydrogen-bond donors (Lipinski definition) is 1. The average Bonchev–Trinajstić information content (AvgIpc) is 2.32. The van der Waals surface area contributed by atoms with Crippen LogP contribution in [0.25, 0.3) is 0 Å². The van der Waals surface area contributed by atoms with Crippen LogP contribution in [0.2, 0.25) is 5.02 Å². The molecule has 0 fully saturated rings. The molecule has 0 spiro atoms. The lowest BCUT2D eigenvalue weighted by molar-refractivity contribution is 0.0523. The Labute approximate surface area is 143 Å². The van der Waals surface area contributed by atoms with Crippen molar-refractivity contribution in [1.29, 1.82) is 0 Å². The molecule has 0 saturated heterocycles. The molecular weight excluding hydrogens is 314 g/mol. The van der Waals surface area contributed by atoms with Crippen LogP contribution in [0.1, 0.15) is 63.9 Å². The van der Waals surface area contributed by atoms with Crippen LogP contribution < -0.4 is 5.32 Å². The van der Waals surface area contributed by atoms with Gasteiger partial charge >= 0.3 is 6.09 Å². The molecule has 0 unspecified atom stereocenters. The summed E-state index contributed by atoms with van der Waals surface area (Å²) in [7, 11) is 0. The Morgan fingerprint density at radius 2 is 1.74 bits per heavy atom. The summed E-state index contributed by atoms with van der Waals surface area (Å²) in [4.78, 5) is 23.9. The van der Waals surface area contributed by atoms with Crippen molar-refractivity contribution < 1.29 is 14.3 Å². The second-order valence-electron chi connectivity index (χ2n) is 7.83. The van der Waals surface area contributed by atoms with Crippen LogP contribution in [0.5, 0.6) is 0 Å². The quantitative estimate of drug-likeness (QED) is 0.787. The third kappa shape index (κ3) is 7.51. The summed E-state index contributed by atoms with van der Waals surface area (Å²) in [6.07, 6.45) is -0.0520. The number of amides is 1. The predicted molar refractivity (Wildman–Crippen MR) is 92.9 cm³/mol. The summed E-state index contributed by atoms with van der Waals surface area (Å²) in [5, 5.41) is 3.07. The highest BCUT2D eigenvalue weighted by atomic mass is 35.5. The van der Waals surface area contributed by atoms with E-state index in [1.54, 1.807) is 39.0 Å². The zero-order valence-electron chi connectivity index (χ0n) is 14.7. The number of carbonyl (C=O) groups is 2. The SMILES string of the molecule is CC(C)(C)CC(=O)c1ccc(CNC(=O)OC(C)(C)C)cc1Cl. The number of benzene rings is 1. The van der Waals surface area contributed by atoms with Crippen LogP contribution in [0.15, 0.2) is 18.2 Å². The first-order chi connectivity index (χ1) is 10.4. The van der Waals surface area contributed by atoms with Crippen molar-refractivity contribution in [1.82, 2.24) is 5.32 Å². The van der Waals surface area contributed by atoms with Gasteiger partial charge in [-0.15, -0.1) is 0 Å². The van der Waals surface area contributed by atoms with Gasteiger partial charge in [-0.1, -0.05) is 38.4 Å². The lowest BCUT2D eigenvalue weighted by atomic mass is 9.88. The smallest absolute Gasteiger partial charge is 0.407 e. The Morgan fingerprint density at radius 1 is 1.13 bits per heavy atom. The summed E-state index contributed by atoms with van der Waals surface area (Å²) in [5.41, 5.74) is 0.707. The van der Waals surface area contributed by atoms with Crippen LogP contribution in [0.3, 0.4) is 0 Å². The number of ether oxygens (including phenoxy) is 1. The van der Waals surface area contributed by atoms with E-state index in [1.807, 2.05) is 20.8 Å². The molecule has 0 aliphatic carbocycles. The van der Waals surface area contributed by atoms with E-state index in [4.69, 9.17) is 16.3 Å². The third-order valence-electron chi connectivity index (χ3n) is 2.86. The molecule has 0 aromatic heterocycles. The first-order valence-electron chi connectivity index (χ1n) is 7.66. The highest BCUT2D eigenvalue weighted by Gasteiger charge is 2.20. The molecule has 4 nitrogen and oxygen atoms in total. The summed E-state index contributed by atoms with van der Waals surface area (Å²) >= 11 is 6.21. The van der Waals surface area contributed by atoms with Gasteiger partial charge in [0.15, 0.2) is 5.78 Å². The van der Waals surface area contributed by atoms with E-state index >= 15 is 0 Å². The van der Waals surface area contributed by atoms with E-state index < -0.39 is 11.7 Å². The maximum atomic E-state index is 12.2. The molecule has 23 heavy (non-hydrogen) atoms. The number of Topliss-reactive ketones (excluding diaryl/α,β-unsaturated/α-hetero) is 1. The van der Waals surface area contributed by atoms with Crippen LogP contribution in [-0.2, 0) is 11.3 Å². The number of carbonyl (C=O) groups excluding carboxylic acids is 2. The maximum Gasteiger partial charge on any atom is 0.407 e. The standard InChI is InChI=1S/C18H26ClNO3/c1-17(2,3)10-15(21)13-8-7-12(9-14(13)19)11-20-16(22)23-18(4,5)6/h7-9H,10-11H2,1-6H3,(H,20,22). The minimum atomic E-state index is -0.537. The normalized spacial score (nSPS) is 12.0. The minimum absolute atomic E-state index is 0.0224. The molecule has 0 heterocycles. The molecule has 0 aliphatic heterocycles. The summed E-state index contributed by atoms with van der Waals surface area (Å²) in [6, 6.07) is 5.20. The zero-order valence-corrected chi connectivity index (χ0v) is 15.5. The van der Waals surface area contributed by atoms with Gasteiger partial charge in [-0.3, -0.25) is 4.79 Å².